The molecule has 0 bridgehead atoms. The molecule has 0 saturated heterocycles. The molecule has 0 aliphatic heterocycles. The highest BCUT2D eigenvalue weighted by molar-refractivity contribution is 8.00. The van der Waals surface area contributed by atoms with Crippen molar-refractivity contribution in [2.75, 3.05) is 16.8 Å². The first-order valence-corrected chi connectivity index (χ1v) is 6.51. The molecule has 0 saturated carbocycles. The molecule has 18 heavy (non-hydrogen) atoms. The average molecular weight is 271 g/mol. The Morgan fingerprint density at radius 1 is 1.44 bits per heavy atom. The summed E-state index contributed by atoms with van der Waals surface area (Å²) in [5.74, 6) is -1.78. The quantitative estimate of drug-likeness (QED) is 0.832. The van der Waals surface area contributed by atoms with E-state index in [2.05, 4.69) is 5.32 Å². The Kier molecular flexibility index (Phi) is 5.64. The molecule has 4 nitrogen and oxygen atoms in total. The number of rotatable bonds is 6. The molecule has 1 rings (SSSR count). The molecule has 2 N–H and O–H groups in total. The molecule has 1 unspecified atom stereocenters. The summed E-state index contributed by atoms with van der Waals surface area (Å²) in [5, 5.41) is 11.1. The van der Waals surface area contributed by atoms with E-state index in [-0.39, 0.29) is 17.3 Å². The number of carbonyl (C=O) groups excluding carboxylic acids is 1. The maximum Gasteiger partial charge on any atom is 0.307 e. The monoisotopic (exact) mass is 271 g/mol. The Bertz CT molecular complexity index is 439. The second kappa shape index (κ2) is 7.00. The fourth-order valence-corrected chi connectivity index (χ4v) is 2.02. The molecule has 1 aromatic carbocycles. The van der Waals surface area contributed by atoms with Gasteiger partial charge in [0, 0.05) is 5.75 Å². The smallest absolute Gasteiger partial charge is 0.307 e. The van der Waals surface area contributed by atoms with Gasteiger partial charge in [-0.2, -0.15) is 11.8 Å². The van der Waals surface area contributed by atoms with Crippen molar-refractivity contribution in [3.63, 3.8) is 0 Å². The Morgan fingerprint density at radius 3 is 2.72 bits per heavy atom. The van der Waals surface area contributed by atoms with Gasteiger partial charge in [0.1, 0.15) is 5.82 Å². The molecular weight excluding hydrogens is 257 g/mol. The Labute approximate surface area is 109 Å². The van der Waals surface area contributed by atoms with Crippen LogP contribution in [0.5, 0.6) is 0 Å². The van der Waals surface area contributed by atoms with Crippen molar-refractivity contribution in [3.05, 3.63) is 30.1 Å². The highest BCUT2D eigenvalue weighted by Crippen LogP contribution is 2.14. The average Bonchev–Trinajstić information content (AvgIpc) is 2.32. The van der Waals surface area contributed by atoms with Gasteiger partial charge in [-0.15, -0.1) is 0 Å². The lowest BCUT2D eigenvalue weighted by Gasteiger charge is -2.07. The number of amides is 1. The predicted octanol–water partition coefficient (Wildman–Crippen LogP) is 2.22. The van der Waals surface area contributed by atoms with Crippen LogP contribution in [0.15, 0.2) is 24.3 Å². The van der Waals surface area contributed by atoms with Crippen molar-refractivity contribution in [1.29, 1.82) is 0 Å². The predicted molar refractivity (Wildman–Crippen MR) is 69.2 cm³/mol. The van der Waals surface area contributed by atoms with Crippen LogP contribution in [0.2, 0.25) is 0 Å². The third-order valence-electron chi connectivity index (χ3n) is 2.17. The van der Waals surface area contributed by atoms with Crippen molar-refractivity contribution < 1.29 is 19.1 Å². The first-order valence-electron chi connectivity index (χ1n) is 5.35. The number of carbonyl (C=O) groups is 2. The van der Waals surface area contributed by atoms with E-state index in [1.54, 1.807) is 13.0 Å². The molecule has 0 spiro atoms. The lowest BCUT2D eigenvalue weighted by molar-refractivity contribution is -0.140. The standard InChI is InChI=1S/C12H14FNO3S/c1-8(12(16)17)6-18-7-11(15)14-10-5-3-2-4-9(10)13/h2-5,8H,6-7H2,1H3,(H,14,15)(H,16,17). The fraction of sp³-hybridized carbons (Fsp3) is 0.333. The van der Waals surface area contributed by atoms with Crippen molar-refractivity contribution >= 4 is 29.3 Å². The minimum Gasteiger partial charge on any atom is -0.481 e. The van der Waals surface area contributed by atoms with E-state index in [1.807, 2.05) is 0 Å². The van der Waals surface area contributed by atoms with Gasteiger partial charge in [-0.1, -0.05) is 19.1 Å². The Morgan fingerprint density at radius 2 is 2.11 bits per heavy atom. The summed E-state index contributed by atoms with van der Waals surface area (Å²) in [4.78, 5) is 22.0. The second-order valence-corrected chi connectivity index (χ2v) is 4.81. The molecule has 6 heteroatoms. The van der Waals surface area contributed by atoms with Crippen LogP contribution in [0.1, 0.15) is 6.92 Å². The number of halogens is 1. The van der Waals surface area contributed by atoms with Gasteiger partial charge in [-0.25, -0.2) is 4.39 Å². The van der Waals surface area contributed by atoms with Gasteiger partial charge in [-0.3, -0.25) is 9.59 Å². The first kappa shape index (κ1) is 14.5. The molecule has 0 aliphatic rings. The van der Waals surface area contributed by atoms with Gasteiger partial charge in [0.05, 0.1) is 17.4 Å². The van der Waals surface area contributed by atoms with Crippen LogP contribution < -0.4 is 5.32 Å². The number of carboxylic acids is 1. The summed E-state index contributed by atoms with van der Waals surface area (Å²) in [5.41, 5.74) is 0.134. The fourth-order valence-electron chi connectivity index (χ4n) is 1.15. The largest absolute Gasteiger partial charge is 0.481 e. The SMILES string of the molecule is CC(CSCC(=O)Nc1ccccc1F)C(=O)O. The van der Waals surface area contributed by atoms with E-state index in [0.717, 1.165) is 0 Å². The number of para-hydroxylation sites is 1. The Balaban J connectivity index is 2.35. The van der Waals surface area contributed by atoms with Crippen molar-refractivity contribution in [2.24, 2.45) is 5.92 Å². The van der Waals surface area contributed by atoms with Crippen LogP contribution >= 0.6 is 11.8 Å². The molecule has 0 heterocycles. The van der Waals surface area contributed by atoms with E-state index < -0.39 is 17.7 Å². The zero-order chi connectivity index (χ0) is 13.5. The maximum absolute atomic E-state index is 13.2. The first-order chi connectivity index (χ1) is 8.50. The zero-order valence-electron chi connectivity index (χ0n) is 9.85. The van der Waals surface area contributed by atoms with E-state index in [1.165, 1.54) is 30.0 Å². The number of carboxylic acid groups (broad SMARTS) is 1. The van der Waals surface area contributed by atoms with Crippen LogP contribution in [-0.2, 0) is 9.59 Å². The second-order valence-electron chi connectivity index (χ2n) is 3.78. The van der Waals surface area contributed by atoms with Crippen molar-refractivity contribution in [2.45, 2.75) is 6.92 Å². The molecule has 0 aliphatic carbocycles. The van der Waals surface area contributed by atoms with E-state index in [9.17, 15) is 14.0 Å². The van der Waals surface area contributed by atoms with Gasteiger partial charge >= 0.3 is 5.97 Å². The van der Waals surface area contributed by atoms with Gasteiger partial charge in [0.25, 0.3) is 0 Å². The zero-order valence-corrected chi connectivity index (χ0v) is 10.7. The summed E-state index contributed by atoms with van der Waals surface area (Å²) in [6, 6.07) is 5.89. The Hall–Kier alpha value is -1.56. The minimum atomic E-state index is -0.892. The molecule has 98 valence electrons. The van der Waals surface area contributed by atoms with Gasteiger partial charge in [-0.05, 0) is 12.1 Å². The normalized spacial score (nSPS) is 11.9. The highest BCUT2D eigenvalue weighted by Gasteiger charge is 2.12. The summed E-state index contributed by atoms with van der Waals surface area (Å²) >= 11 is 1.21. The molecule has 0 radical (unpaired) electrons. The molecule has 1 atom stereocenters. The van der Waals surface area contributed by atoms with Crippen molar-refractivity contribution in [1.82, 2.24) is 0 Å². The van der Waals surface area contributed by atoms with Gasteiger partial charge in [0.15, 0.2) is 0 Å². The molecule has 0 aromatic heterocycles. The molecule has 1 aromatic rings. The third kappa shape index (κ3) is 4.75. The number of nitrogens with one attached hydrogen (secondary N) is 1. The topological polar surface area (TPSA) is 66.4 Å². The molecular formula is C12H14FNO3S. The van der Waals surface area contributed by atoms with Gasteiger partial charge < -0.3 is 10.4 Å². The lowest BCUT2D eigenvalue weighted by atomic mass is 10.2. The minimum absolute atomic E-state index is 0.103. The number of benzene rings is 1. The van der Waals surface area contributed by atoms with Crippen LogP contribution in [0, 0.1) is 11.7 Å². The van der Waals surface area contributed by atoms with Gasteiger partial charge in [0.2, 0.25) is 5.91 Å². The number of aliphatic carboxylic acids is 1. The highest BCUT2D eigenvalue weighted by atomic mass is 32.2. The summed E-state index contributed by atoms with van der Waals surface area (Å²) in [6.45, 7) is 1.57. The van der Waals surface area contributed by atoms with E-state index in [4.69, 9.17) is 5.11 Å². The number of anilines is 1. The summed E-state index contributed by atoms with van der Waals surface area (Å²) in [6.07, 6.45) is 0. The number of hydrogen-bond donors (Lipinski definition) is 2. The number of thioether (sulfide) groups is 1. The van der Waals surface area contributed by atoms with Crippen molar-refractivity contribution in [3.8, 4) is 0 Å². The number of hydrogen-bond acceptors (Lipinski definition) is 3. The van der Waals surface area contributed by atoms with Crippen LogP contribution in [-0.4, -0.2) is 28.5 Å². The van der Waals surface area contributed by atoms with Crippen LogP contribution in [0.25, 0.3) is 0 Å². The summed E-state index contributed by atoms with van der Waals surface area (Å²) < 4.78 is 13.2. The van der Waals surface area contributed by atoms with Crippen LogP contribution in [0.3, 0.4) is 0 Å². The van der Waals surface area contributed by atoms with E-state index >= 15 is 0 Å². The molecule has 1 amide bonds. The lowest BCUT2D eigenvalue weighted by Crippen LogP contribution is -2.17. The maximum atomic E-state index is 13.2. The molecule has 0 fully saturated rings. The van der Waals surface area contributed by atoms with Crippen LogP contribution in [0.4, 0.5) is 10.1 Å². The van der Waals surface area contributed by atoms with E-state index in [0.29, 0.717) is 5.75 Å². The summed E-state index contributed by atoms with van der Waals surface area (Å²) in [7, 11) is 0. The third-order valence-corrected chi connectivity index (χ3v) is 3.37.